The number of piperidine rings is 1. The molecule has 0 bridgehead atoms. The number of fused-ring (bicyclic) bond motifs is 1. The van der Waals surface area contributed by atoms with Crippen LogP contribution in [0.5, 0.6) is 5.75 Å². The molecule has 1 saturated heterocycles. The number of nitrogens with zero attached hydrogens (tertiary/aromatic N) is 3. The van der Waals surface area contributed by atoms with Crippen molar-refractivity contribution < 1.29 is 9.53 Å². The van der Waals surface area contributed by atoms with Crippen molar-refractivity contribution in [1.82, 2.24) is 20.2 Å². The Balaban J connectivity index is 1.52. The number of carbonyl (C=O) groups excluding carboxylic acids is 1. The van der Waals surface area contributed by atoms with Crippen molar-refractivity contribution >= 4 is 5.91 Å². The van der Waals surface area contributed by atoms with E-state index in [1.165, 1.54) is 5.56 Å². The van der Waals surface area contributed by atoms with Crippen molar-refractivity contribution in [2.45, 2.75) is 65.1 Å². The molecule has 2 aliphatic heterocycles. The van der Waals surface area contributed by atoms with E-state index >= 15 is 0 Å². The molecule has 6 heteroatoms. The molecule has 3 heterocycles. The van der Waals surface area contributed by atoms with E-state index in [4.69, 9.17) is 9.72 Å². The zero-order valence-electron chi connectivity index (χ0n) is 17.6. The summed E-state index contributed by atoms with van der Waals surface area (Å²) in [6.07, 6.45) is 5.29. The van der Waals surface area contributed by atoms with Crippen LogP contribution >= 0.6 is 0 Å². The van der Waals surface area contributed by atoms with Gasteiger partial charge >= 0.3 is 0 Å². The van der Waals surface area contributed by atoms with Crippen LogP contribution in [-0.4, -0.2) is 40.0 Å². The first-order valence-electron chi connectivity index (χ1n) is 10.6. The fourth-order valence-electron chi connectivity index (χ4n) is 4.36. The molecular weight excluding hydrogens is 364 g/mol. The minimum Gasteiger partial charge on any atom is -0.481 e. The number of aryl methyl sites for hydroxylation is 2. The van der Waals surface area contributed by atoms with Crippen molar-refractivity contribution in [2.24, 2.45) is 0 Å². The van der Waals surface area contributed by atoms with Gasteiger partial charge in [0, 0.05) is 43.5 Å². The fourth-order valence-corrected chi connectivity index (χ4v) is 4.36. The van der Waals surface area contributed by atoms with E-state index in [-0.39, 0.29) is 11.9 Å². The number of amides is 1. The Morgan fingerprint density at radius 2 is 2.03 bits per heavy atom. The summed E-state index contributed by atoms with van der Waals surface area (Å²) in [5.41, 5.74) is 4.55. The second-order valence-corrected chi connectivity index (χ2v) is 8.25. The molecule has 0 aliphatic carbocycles. The van der Waals surface area contributed by atoms with E-state index in [9.17, 15) is 4.79 Å². The molecule has 0 saturated carbocycles. The molecule has 0 radical (unpaired) electrons. The lowest BCUT2D eigenvalue weighted by Gasteiger charge is -2.36. The van der Waals surface area contributed by atoms with Crippen molar-refractivity contribution in [3.8, 4) is 5.75 Å². The SMILES string of the molecule is Cc1cc(C)cc(OC(C)C(=O)N2CCCCC2c2ncc3c(n2)CCNC3)c1. The summed E-state index contributed by atoms with van der Waals surface area (Å²) in [5, 5.41) is 3.35. The molecule has 1 aromatic heterocycles. The quantitative estimate of drug-likeness (QED) is 0.862. The largest absolute Gasteiger partial charge is 0.481 e. The summed E-state index contributed by atoms with van der Waals surface area (Å²) < 4.78 is 6.03. The van der Waals surface area contributed by atoms with Gasteiger partial charge in [0.2, 0.25) is 0 Å². The van der Waals surface area contributed by atoms with Crippen molar-refractivity contribution in [3.63, 3.8) is 0 Å². The highest BCUT2D eigenvalue weighted by Crippen LogP contribution is 2.30. The Bertz CT molecular complexity index is 878. The summed E-state index contributed by atoms with van der Waals surface area (Å²) in [6.45, 7) is 8.41. The Labute approximate surface area is 172 Å². The fraction of sp³-hybridized carbons (Fsp3) is 0.522. The molecule has 0 spiro atoms. The molecular formula is C23H30N4O2. The second kappa shape index (κ2) is 8.49. The lowest BCUT2D eigenvalue weighted by atomic mass is 10.00. The minimum atomic E-state index is -0.543. The van der Waals surface area contributed by atoms with Gasteiger partial charge in [-0.05, 0) is 63.3 Å². The number of ether oxygens (including phenoxy) is 1. The summed E-state index contributed by atoms with van der Waals surface area (Å²) in [4.78, 5) is 24.7. The van der Waals surface area contributed by atoms with Gasteiger partial charge in [-0.1, -0.05) is 6.07 Å². The third-order valence-corrected chi connectivity index (χ3v) is 5.77. The Morgan fingerprint density at radius 1 is 1.24 bits per heavy atom. The molecule has 4 rings (SSSR count). The van der Waals surface area contributed by atoms with Crippen LogP contribution in [0.25, 0.3) is 0 Å². The number of carbonyl (C=O) groups is 1. The molecule has 2 aromatic rings. The predicted molar refractivity (Wildman–Crippen MR) is 112 cm³/mol. The maximum atomic E-state index is 13.3. The normalized spacial score (nSPS) is 20.1. The molecule has 2 unspecified atom stereocenters. The number of aromatic nitrogens is 2. The van der Waals surface area contributed by atoms with E-state index in [0.29, 0.717) is 0 Å². The number of benzene rings is 1. The van der Waals surface area contributed by atoms with Crippen LogP contribution in [0.4, 0.5) is 0 Å². The van der Waals surface area contributed by atoms with Gasteiger partial charge in [-0.2, -0.15) is 0 Å². The highest BCUT2D eigenvalue weighted by atomic mass is 16.5. The summed E-state index contributed by atoms with van der Waals surface area (Å²) in [7, 11) is 0. The number of hydrogen-bond donors (Lipinski definition) is 1. The molecule has 1 aromatic carbocycles. The van der Waals surface area contributed by atoms with Crippen LogP contribution in [0.15, 0.2) is 24.4 Å². The second-order valence-electron chi connectivity index (χ2n) is 8.25. The first-order valence-corrected chi connectivity index (χ1v) is 10.6. The van der Waals surface area contributed by atoms with Crippen LogP contribution in [0.2, 0.25) is 0 Å². The van der Waals surface area contributed by atoms with E-state index in [2.05, 4.69) is 16.4 Å². The average molecular weight is 395 g/mol. The molecule has 1 N–H and O–H groups in total. The van der Waals surface area contributed by atoms with Gasteiger partial charge < -0.3 is 15.0 Å². The predicted octanol–water partition coefficient (Wildman–Crippen LogP) is 3.26. The monoisotopic (exact) mass is 394 g/mol. The van der Waals surface area contributed by atoms with E-state index in [1.54, 1.807) is 0 Å². The number of likely N-dealkylation sites (tertiary alicyclic amines) is 1. The zero-order chi connectivity index (χ0) is 20.4. The molecule has 1 fully saturated rings. The van der Waals surface area contributed by atoms with Crippen LogP contribution in [0.1, 0.15) is 60.4 Å². The average Bonchev–Trinajstić information content (AvgIpc) is 2.72. The van der Waals surface area contributed by atoms with Gasteiger partial charge in [-0.15, -0.1) is 0 Å². The number of rotatable bonds is 4. The lowest BCUT2D eigenvalue weighted by Crippen LogP contribution is -2.45. The molecule has 2 aliphatic rings. The number of hydrogen-bond acceptors (Lipinski definition) is 5. The molecule has 154 valence electrons. The third kappa shape index (κ3) is 4.42. The van der Waals surface area contributed by atoms with E-state index < -0.39 is 6.10 Å². The molecule has 2 atom stereocenters. The topological polar surface area (TPSA) is 67.3 Å². The van der Waals surface area contributed by atoms with Crippen molar-refractivity contribution in [2.75, 3.05) is 13.1 Å². The maximum Gasteiger partial charge on any atom is 0.263 e. The summed E-state index contributed by atoms with van der Waals surface area (Å²) in [6, 6.07) is 5.99. The highest BCUT2D eigenvalue weighted by molar-refractivity contribution is 5.81. The molecule has 29 heavy (non-hydrogen) atoms. The maximum absolute atomic E-state index is 13.3. The van der Waals surface area contributed by atoms with Crippen LogP contribution < -0.4 is 10.1 Å². The summed E-state index contributed by atoms with van der Waals surface area (Å²) in [5.74, 6) is 1.53. The van der Waals surface area contributed by atoms with Crippen LogP contribution in [-0.2, 0) is 17.8 Å². The summed E-state index contributed by atoms with van der Waals surface area (Å²) >= 11 is 0. The number of nitrogens with one attached hydrogen (secondary N) is 1. The van der Waals surface area contributed by atoms with Gasteiger partial charge in [-0.25, -0.2) is 9.97 Å². The third-order valence-electron chi connectivity index (χ3n) is 5.77. The van der Waals surface area contributed by atoms with Gasteiger partial charge in [0.05, 0.1) is 6.04 Å². The Hall–Kier alpha value is -2.47. The van der Waals surface area contributed by atoms with E-state index in [0.717, 1.165) is 73.7 Å². The van der Waals surface area contributed by atoms with E-state index in [1.807, 2.05) is 44.0 Å². The van der Waals surface area contributed by atoms with Gasteiger partial charge in [0.1, 0.15) is 5.75 Å². The van der Waals surface area contributed by atoms with Gasteiger partial charge in [0.15, 0.2) is 11.9 Å². The Kier molecular flexibility index (Phi) is 5.81. The van der Waals surface area contributed by atoms with Crippen LogP contribution in [0.3, 0.4) is 0 Å². The van der Waals surface area contributed by atoms with Crippen molar-refractivity contribution in [1.29, 1.82) is 0 Å². The lowest BCUT2D eigenvalue weighted by molar-refractivity contribution is -0.142. The van der Waals surface area contributed by atoms with Crippen LogP contribution in [0, 0.1) is 13.8 Å². The first-order chi connectivity index (χ1) is 14.0. The van der Waals surface area contributed by atoms with Gasteiger partial charge in [0.25, 0.3) is 5.91 Å². The smallest absolute Gasteiger partial charge is 0.263 e. The molecule has 6 nitrogen and oxygen atoms in total. The first kappa shape index (κ1) is 19.8. The Morgan fingerprint density at radius 3 is 2.83 bits per heavy atom. The van der Waals surface area contributed by atoms with Gasteiger partial charge in [-0.3, -0.25) is 4.79 Å². The standard InChI is InChI=1S/C23H30N4O2/c1-15-10-16(2)12-19(11-15)29-17(3)23(28)27-9-5-4-6-21(27)22-25-14-18-13-24-8-7-20(18)26-22/h10-12,14,17,21,24H,4-9,13H2,1-3H3. The molecule has 1 amide bonds. The van der Waals surface area contributed by atoms with Crippen molar-refractivity contribution in [3.05, 3.63) is 52.6 Å². The zero-order valence-corrected chi connectivity index (χ0v) is 17.6. The minimum absolute atomic E-state index is 0.0110. The highest BCUT2D eigenvalue weighted by Gasteiger charge is 2.33.